The van der Waals surface area contributed by atoms with Gasteiger partial charge in [0.25, 0.3) is 0 Å². The minimum absolute atomic E-state index is 0.235. The number of hydrogen-bond donors (Lipinski definition) is 0. The predicted molar refractivity (Wildman–Crippen MR) is 74.2 cm³/mol. The van der Waals surface area contributed by atoms with Crippen LogP contribution in [0.3, 0.4) is 0 Å². The van der Waals surface area contributed by atoms with E-state index in [4.69, 9.17) is 4.74 Å². The van der Waals surface area contributed by atoms with Crippen LogP contribution in [0.15, 0.2) is 24.3 Å². The summed E-state index contributed by atoms with van der Waals surface area (Å²) in [4.78, 5) is 11.4. The van der Waals surface area contributed by atoms with Crippen LogP contribution in [0.2, 0.25) is 0 Å². The Morgan fingerprint density at radius 2 is 1.94 bits per heavy atom. The van der Waals surface area contributed by atoms with Crippen molar-refractivity contribution in [2.75, 3.05) is 11.0 Å². The summed E-state index contributed by atoms with van der Waals surface area (Å²) in [7, 11) is 0. The summed E-state index contributed by atoms with van der Waals surface area (Å²) in [6.45, 7) is 2.24. The minimum atomic E-state index is -0.235. The van der Waals surface area contributed by atoms with E-state index in [1.807, 2.05) is 31.2 Å². The molecule has 2 nitrogen and oxygen atoms in total. The Morgan fingerprint density at radius 1 is 1.25 bits per heavy atom. The number of benzene rings is 1. The predicted octanol–water partition coefficient (Wildman–Crippen LogP) is 3.62. The average Bonchev–Trinajstić information content (AvgIpc) is 2.30. The van der Waals surface area contributed by atoms with Gasteiger partial charge < -0.3 is 4.74 Å². The molecule has 0 radical (unpaired) electrons. The molecule has 0 saturated carbocycles. The zero-order valence-corrected chi connectivity index (χ0v) is 11.7. The van der Waals surface area contributed by atoms with E-state index in [2.05, 4.69) is 22.6 Å². The van der Waals surface area contributed by atoms with E-state index in [0.717, 1.165) is 6.42 Å². The number of esters is 1. The summed E-state index contributed by atoms with van der Waals surface area (Å²) >= 11 is 2.39. The van der Waals surface area contributed by atoms with Gasteiger partial charge in [0.15, 0.2) is 0 Å². The molecule has 3 heteroatoms. The number of ether oxygens (including phenoxy) is 1. The summed E-state index contributed by atoms with van der Waals surface area (Å²) in [6.07, 6.45) is 3.55. The van der Waals surface area contributed by atoms with Crippen LogP contribution in [-0.2, 0) is 11.2 Å². The second-order valence-electron chi connectivity index (χ2n) is 3.56. The van der Waals surface area contributed by atoms with Crippen LogP contribution >= 0.6 is 22.6 Å². The van der Waals surface area contributed by atoms with Crippen LogP contribution in [0.1, 0.15) is 35.7 Å². The fraction of sp³-hybridized carbons (Fsp3) is 0.462. The fourth-order valence-corrected chi connectivity index (χ4v) is 1.98. The standard InChI is InChI=1S/C13H17IO2/c1-2-16-13(15)12-8-6-11(7-9-12)5-3-4-10-14/h6-9H,2-5,10H2,1H3. The third kappa shape index (κ3) is 4.51. The van der Waals surface area contributed by atoms with Crippen molar-refractivity contribution in [1.82, 2.24) is 0 Å². The Morgan fingerprint density at radius 3 is 2.50 bits per heavy atom. The number of alkyl halides is 1. The molecule has 0 heterocycles. The first-order valence-corrected chi connectivity index (χ1v) is 7.12. The van der Waals surface area contributed by atoms with Gasteiger partial charge in [-0.3, -0.25) is 0 Å². The van der Waals surface area contributed by atoms with Gasteiger partial charge in [0.1, 0.15) is 0 Å². The quantitative estimate of drug-likeness (QED) is 0.344. The van der Waals surface area contributed by atoms with Gasteiger partial charge in [0, 0.05) is 0 Å². The number of aryl methyl sites for hydroxylation is 1. The topological polar surface area (TPSA) is 26.3 Å². The number of hydrogen-bond acceptors (Lipinski definition) is 2. The van der Waals surface area contributed by atoms with Crippen molar-refractivity contribution in [2.24, 2.45) is 0 Å². The lowest BCUT2D eigenvalue weighted by atomic mass is 10.1. The molecule has 1 rings (SSSR count). The highest BCUT2D eigenvalue weighted by Crippen LogP contribution is 2.09. The largest absolute Gasteiger partial charge is 0.462 e. The molecule has 0 fully saturated rings. The Kier molecular flexibility index (Phi) is 6.45. The highest BCUT2D eigenvalue weighted by atomic mass is 127. The molecule has 0 spiro atoms. The Hall–Kier alpha value is -0.580. The molecule has 0 aliphatic heterocycles. The lowest BCUT2D eigenvalue weighted by Gasteiger charge is -2.03. The van der Waals surface area contributed by atoms with Gasteiger partial charge in [0.05, 0.1) is 12.2 Å². The number of carbonyl (C=O) groups is 1. The summed E-state index contributed by atoms with van der Waals surface area (Å²) in [5.74, 6) is -0.235. The van der Waals surface area contributed by atoms with Crippen LogP contribution in [0.4, 0.5) is 0 Å². The Labute approximate surface area is 111 Å². The SMILES string of the molecule is CCOC(=O)c1ccc(CCCCI)cc1. The molecule has 0 bridgehead atoms. The maximum atomic E-state index is 11.4. The van der Waals surface area contributed by atoms with Crippen molar-refractivity contribution in [3.8, 4) is 0 Å². The fourth-order valence-electron chi connectivity index (χ4n) is 1.45. The highest BCUT2D eigenvalue weighted by molar-refractivity contribution is 14.1. The van der Waals surface area contributed by atoms with Crippen LogP contribution in [0.25, 0.3) is 0 Å². The summed E-state index contributed by atoms with van der Waals surface area (Å²) in [5, 5.41) is 0. The smallest absolute Gasteiger partial charge is 0.338 e. The van der Waals surface area contributed by atoms with Gasteiger partial charge in [0.2, 0.25) is 0 Å². The van der Waals surface area contributed by atoms with E-state index in [1.165, 1.54) is 22.8 Å². The van der Waals surface area contributed by atoms with E-state index < -0.39 is 0 Å². The first kappa shape index (κ1) is 13.5. The second-order valence-corrected chi connectivity index (χ2v) is 4.64. The van der Waals surface area contributed by atoms with Crippen molar-refractivity contribution in [2.45, 2.75) is 26.2 Å². The molecule has 0 atom stereocenters. The molecule has 0 amide bonds. The molecule has 88 valence electrons. The molecule has 0 aliphatic carbocycles. The number of carbonyl (C=O) groups excluding carboxylic acids is 1. The highest BCUT2D eigenvalue weighted by Gasteiger charge is 2.05. The molecule has 16 heavy (non-hydrogen) atoms. The van der Waals surface area contributed by atoms with Crippen molar-refractivity contribution >= 4 is 28.6 Å². The van der Waals surface area contributed by atoms with Gasteiger partial charge in [-0.25, -0.2) is 4.79 Å². The third-order valence-electron chi connectivity index (χ3n) is 2.31. The molecule has 1 aromatic rings. The first-order valence-electron chi connectivity index (χ1n) is 5.60. The van der Waals surface area contributed by atoms with E-state index in [9.17, 15) is 4.79 Å². The lowest BCUT2D eigenvalue weighted by molar-refractivity contribution is 0.0526. The molecule has 0 N–H and O–H groups in total. The van der Waals surface area contributed by atoms with E-state index >= 15 is 0 Å². The molecule has 0 unspecified atom stereocenters. The van der Waals surface area contributed by atoms with Crippen LogP contribution in [0, 0.1) is 0 Å². The van der Waals surface area contributed by atoms with Crippen molar-refractivity contribution in [1.29, 1.82) is 0 Å². The summed E-state index contributed by atoms with van der Waals surface area (Å²) < 4.78 is 6.13. The average molecular weight is 332 g/mol. The zero-order chi connectivity index (χ0) is 11.8. The van der Waals surface area contributed by atoms with Gasteiger partial charge in [-0.1, -0.05) is 34.7 Å². The molecular formula is C13H17IO2. The normalized spacial score (nSPS) is 10.1. The van der Waals surface area contributed by atoms with Crippen molar-refractivity contribution in [3.63, 3.8) is 0 Å². The second kappa shape index (κ2) is 7.65. The molecule has 1 aromatic carbocycles. The first-order chi connectivity index (χ1) is 7.77. The minimum Gasteiger partial charge on any atom is -0.462 e. The van der Waals surface area contributed by atoms with Gasteiger partial charge in [-0.2, -0.15) is 0 Å². The monoisotopic (exact) mass is 332 g/mol. The van der Waals surface area contributed by atoms with E-state index in [1.54, 1.807) is 0 Å². The number of halogens is 1. The Bertz CT molecular complexity index is 319. The van der Waals surface area contributed by atoms with Crippen LogP contribution < -0.4 is 0 Å². The van der Waals surface area contributed by atoms with Gasteiger partial charge in [-0.05, 0) is 48.3 Å². The maximum Gasteiger partial charge on any atom is 0.338 e. The lowest BCUT2D eigenvalue weighted by Crippen LogP contribution is -2.04. The number of unbranched alkanes of at least 4 members (excludes halogenated alkanes) is 1. The Balaban J connectivity index is 2.50. The molecule has 0 saturated heterocycles. The van der Waals surface area contributed by atoms with Crippen LogP contribution in [0.5, 0.6) is 0 Å². The summed E-state index contributed by atoms with van der Waals surface area (Å²) in [5.41, 5.74) is 1.93. The van der Waals surface area contributed by atoms with Gasteiger partial charge >= 0.3 is 5.97 Å². The number of rotatable bonds is 6. The molecule has 0 aliphatic rings. The zero-order valence-electron chi connectivity index (χ0n) is 9.54. The van der Waals surface area contributed by atoms with Crippen molar-refractivity contribution < 1.29 is 9.53 Å². The molecular weight excluding hydrogens is 315 g/mol. The van der Waals surface area contributed by atoms with E-state index in [-0.39, 0.29) is 5.97 Å². The summed E-state index contributed by atoms with van der Waals surface area (Å²) in [6, 6.07) is 7.72. The maximum absolute atomic E-state index is 11.4. The third-order valence-corrected chi connectivity index (χ3v) is 3.08. The van der Waals surface area contributed by atoms with Crippen LogP contribution in [-0.4, -0.2) is 17.0 Å². The van der Waals surface area contributed by atoms with Crippen molar-refractivity contribution in [3.05, 3.63) is 35.4 Å². The van der Waals surface area contributed by atoms with Gasteiger partial charge in [-0.15, -0.1) is 0 Å². The molecule has 0 aromatic heterocycles. The van der Waals surface area contributed by atoms with E-state index in [0.29, 0.717) is 12.2 Å².